The number of ether oxygens (including phenoxy) is 2. The molecule has 0 bridgehead atoms. The van der Waals surface area contributed by atoms with E-state index >= 15 is 0 Å². The van der Waals surface area contributed by atoms with Crippen molar-refractivity contribution in [3.63, 3.8) is 0 Å². The van der Waals surface area contributed by atoms with Gasteiger partial charge in [-0.3, -0.25) is 23.9 Å². The Kier molecular flexibility index (Phi) is 15.9. The lowest BCUT2D eigenvalue weighted by Gasteiger charge is -2.34. The summed E-state index contributed by atoms with van der Waals surface area (Å²) in [6, 6.07) is 0.676. The average Bonchev–Trinajstić information content (AvgIpc) is 3.36. The van der Waals surface area contributed by atoms with E-state index in [4.69, 9.17) is 21.3 Å². The van der Waals surface area contributed by atoms with E-state index in [0.29, 0.717) is 30.7 Å². The van der Waals surface area contributed by atoms with Gasteiger partial charge in [0.1, 0.15) is 24.2 Å². The number of aryl methyl sites for hydroxylation is 1. The number of hydrogen-bond donors (Lipinski definition) is 2. The van der Waals surface area contributed by atoms with Gasteiger partial charge in [0, 0.05) is 51.6 Å². The topological polar surface area (TPSA) is 149 Å². The summed E-state index contributed by atoms with van der Waals surface area (Å²) >= 11 is 0. The highest BCUT2D eigenvalue weighted by molar-refractivity contribution is 7.44. The van der Waals surface area contributed by atoms with Gasteiger partial charge in [0.05, 0.1) is 19.6 Å². The minimum Gasteiger partial charge on any atom is -0.459 e. The van der Waals surface area contributed by atoms with Crippen molar-refractivity contribution in [2.75, 3.05) is 20.3 Å². The Hall–Kier alpha value is -1.95. The van der Waals surface area contributed by atoms with E-state index in [2.05, 4.69) is 42.5 Å². The van der Waals surface area contributed by atoms with Gasteiger partial charge < -0.3 is 23.6 Å². The fraction of sp³-hybridized carbons (Fsp3) is 0.793. The van der Waals surface area contributed by atoms with Crippen LogP contribution >= 0.6 is 8.53 Å². The summed E-state index contributed by atoms with van der Waals surface area (Å²) in [6.07, 6.45) is 4.29. The van der Waals surface area contributed by atoms with E-state index < -0.39 is 44.2 Å². The molecule has 0 aliphatic carbocycles. The quantitative estimate of drug-likeness (QED) is 0.122. The molecule has 1 fully saturated rings. The number of carbonyl (C=O) groups excluding carboxylic acids is 2. The summed E-state index contributed by atoms with van der Waals surface area (Å²) in [5.41, 5.74) is -0.808. The summed E-state index contributed by atoms with van der Waals surface area (Å²) in [4.78, 5) is 50.9. The van der Waals surface area contributed by atoms with Gasteiger partial charge in [0.15, 0.2) is 0 Å². The zero-order valence-electron chi connectivity index (χ0n) is 28.3. The van der Waals surface area contributed by atoms with Crippen LogP contribution in [0.5, 0.6) is 0 Å². The second kappa shape index (κ2) is 19.4. The number of esters is 1. The van der Waals surface area contributed by atoms with E-state index in [9.17, 15) is 19.2 Å². The third kappa shape index (κ3) is 12.0. The first kappa shape index (κ1) is 34.5. The molecule has 2 unspecified atom stereocenters. The molecular formula is C29H52N3O9P. The minimum atomic E-state index is -1.07. The van der Waals surface area contributed by atoms with Crippen molar-refractivity contribution < 1.29 is 34.6 Å². The second-order valence-electron chi connectivity index (χ2n) is 10.9. The first-order valence-electron chi connectivity index (χ1n) is 15.9. The Morgan fingerprint density at radius 1 is 1.19 bits per heavy atom. The van der Waals surface area contributed by atoms with Crippen molar-refractivity contribution in [2.45, 2.75) is 130 Å². The standard InChI is InChI=1S/C28H48N3O9P.CH4/c1-19(2)31(20(3)4)41(37-6)38-15-11-9-7-8-10-12-22(33)13-14-26(34)40-23-16-25(39-24(23)18-32)30-17-21(5)27(35)29-28(30)36;/h17,19-20,23-25,32H,7-16,18H2,1-6H3,(H,29,35,36);1H4/t23?,24-,25-,41?;/m1./s1/i32D;1T. The monoisotopic (exact) mass is 620 g/mol. The molecule has 1 aromatic rings. The van der Waals surface area contributed by atoms with Crippen LogP contribution in [0.25, 0.3) is 0 Å². The molecule has 13 heteroatoms. The van der Waals surface area contributed by atoms with Crippen LogP contribution in [0.3, 0.4) is 0 Å². The summed E-state index contributed by atoms with van der Waals surface area (Å²) in [5.74, 6) is -0.549. The van der Waals surface area contributed by atoms with Crippen LogP contribution in [-0.2, 0) is 28.1 Å². The maximum Gasteiger partial charge on any atom is 0.330 e. The van der Waals surface area contributed by atoms with Gasteiger partial charge in [-0.05, 0) is 47.5 Å². The Morgan fingerprint density at radius 2 is 1.86 bits per heavy atom. The van der Waals surface area contributed by atoms with Gasteiger partial charge in [0.25, 0.3) is 14.1 Å². The summed E-state index contributed by atoms with van der Waals surface area (Å²) in [7, 11) is 1.87. The molecule has 2 rings (SSSR count). The molecule has 2 heterocycles. The molecule has 242 valence electrons. The molecule has 0 amide bonds. The largest absolute Gasteiger partial charge is 0.459 e. The van der Waals surface area contributed by atoms with Gasteiger partial charge in [-0.15, -0.1) is 0 Å². The number of ketones is 1. The van der Waals surface area contributed by atoms with E-state index in [0.717, 1.165) is 32.1 Å². The number of H-pyrrole nitrogens is 1. The number of aliphatic hydroxyl groups is 1. The number of aromatic amines is 1. The lowest BCUT2D eigenvalue weighted by molar-refractivity contribution is -0.154. The van der Waals surface area contributed by atoms with Crippen molar-refractivity contribution in [3.05, 3.63) is 32.6 Å². The number of unbranched alkanes of at least 4 members (excludes halogenated alkanes) is 4. The Labute approximate surface area is 253 Å². The molecule has 0 spiro atoms. The number of nitrogens with zero attached hydrogens (tertiary/aromatic N) is 2. The van der Waals surface area contributed by atoms with Gasteiger partial charge >= 0.3 is 11.7 Å². The highest BCUT2D eigenvalue weighted by Gasteiger charge is 2.39. The molecule has 12 nitrogen and oxygen atoms in total. The highest BCUT2D eigenvalue weighted by Crippen LogP contribution is 2.45. The Bertz CT molecular complexity index is 1090. The molecule has 0 aromatic carbocycles. The number of aliphatic hydroxyl groups excluding tert-OH is 1. The van der Waals surface area contributed by atoms with Gasteiger partial charge in [0.2, 0.25) is 1.43 Å². The highest BCUT2D eigenvalue weighted by atomic mass is 31.2. The van der Waals surface area contributed by atoms with E-state index in [1.807, 2.05) is 0 Å². The number of aromatic nitrogens is 2. The summed E-state index contributed by atoms with van der Waals surface area (Å²) < 4.78 is 39.2. The number of Topliss-reactive ketones (excluding diaryl/α,β-unsaturated/α-hetero) is 1. The smallest absolute Gasteiger partial charge is 0.330 e. The van der Waals surface area contributed by atoms with E-state index in [1.165, 1.54) is 18.2 Å². The Morgan fingerprint density at radius 3 is 2.50 bits per heavy atom. The van der Waals surface area contributed by atoms with Crippen LogP contribution in [-0.4, -0.2) is 77.1 Å². The van der Waals surface area contributed by atoms with Crippen LogP contribution in [0.2, 0.25) is 0 Å². The Balaban J connectivity index is 0.00000474. The number of carbonyl (C=O) groups is 2. The zero-order valence-corrected chi connectivity index (χ0v) is 27.2. The molecule has 0 saturated carbocycles. The normalized spacial score (nSPS) is 19.8. The van der Waals surface area contributed by atoms with Crippen molar-refractivity contribution >= 4 is 20.3 Å². The number of hydrogen-bond acceptors (Lipinski definition) is 10. The minimum absolute atomic E-state index is 0.00494. The molecule has 1 aliphatic rings. The predicted molar refractivity (Wildman–Crippen MR) is 162 cm³/mol. The van der Waals surface area contributed by atoms with Crippen LogP contribution in [0, 0.1) is 6.92 Å². The van der Waals surface area contributed by atoms with Crippen molar-refractivity contribution in [1.29, 1.82) is 1.43 Å². The van der Waals surface area contributed by atoms with E-state index in [-0.39, 0.29) is 31.7 Å². The first-order chi connectivity index (χ1) is 21.0. The van der Waals surface area contributed by atoms with Crippen LogP contribution in [0.1, 0.15) is 106 Å². The molecule has 4 atom stereocenters. The molecule has 1 aromatic heterocycles. The number of nitrogens with one attached hydrogen (secondary N) is 1. The summed E-state index contributed by atoms with van der Waals surface area (Å²) in [5, 5.41) is 4.44. The van der Waals surface area contributed by atoms with Crippen LogP contribution < -0.4 is 11.2 Å². The maximum absolute atomic E-state index is 12.5. The fourth-order valence-corrected chi connectivity index (χ4v) is 6.29. The van der Waals surface area contributed by atoms with Crippen molar-refractivity contribution in [1.82, 2.24) is 14.2 Å². The summed E-state index contributed by atoms with van der Waals surface area (Å²) in [6.45, 7) is 10.6. The van der Waals surface area contributed by atoms with E-state index in [1.54, 1.807) is 14.0 Å². The third-order valence-electron chi connectivity index (χ3n) is 6.90. The SMILES string of the molecule is [2H]OC[C@H]1O[C@@H](n2cc(C)c(=O)[nH]c2=O)CC1OC(=O)CCC(=O)CCCCCCCOP(OC)N(C(C)C)C(C)C.[3H]C. The number of rotatable bonds is 20. The average molecular weight is 621 g/mol. The first-order valence-corrected chi connectivity index (χ1v) is 15.6. The second-order valence-corrected chi connectivity index (χ2v) is 12.5. The van der Waals surface area contributed by atoms with Crippen molar-refractivity contribution in [2.24, 2.45) is 0 Å². The molecule has 0 radical (unpaired) electrons. The molecule has 1 aliphatic heterocycles. The lowest BCUT2D eigenvalue weighted by atomic mass is 10.1. The molecular weight excluding hydrogens is 565 g/mol. The third-order valence-corrected chi connectivity index (χ3v) is 8.91. The fourth-order valence-electron chi connectivity index (χ4n) is 4.82. The van der Waals surface area contributed by atoms with Gasteiger partial charge in [-0.25, -0.2) is 9.46 Å². The van der Waals surface area contributed by atoms with Crippen LogP contribution in [0.4, 0.5) is 0 Å². The lowest BCUT2D eigenvalue weighted by Crippen LogP contribution is -2.33. The zero-order chi connectivity index (χ0) is 33.2. The maximum atomic E-state index is 12.5. The van der Waals surface area contributed by atoms with Gasteiger partial charge in [-0.1, -0.05) is 26.7 Å². The molecule has 2 N–H and O–H groups in total. The predicted octanol–water partition coefficient (Wildman–Crippen LogP) is 4.37. The van der Waals surface area contributed by atoms with Crippen molar-refractivity contribution in [3.8, 4) is 0 Å². The van der Waals surface area contributed by atoms with Crippen LogP contribution in [0.15, 0.2) is 15.8 Å². The van der Waals surface area contributed by atoms with Gasteiger partial charge in [-0.2, -0.15) is 0 Å². The molecule has 42 heavy (non-hydrogen) atoms. The molecule has 1 saturated heterocycles.